The number of nitrogens with zero attached hydrogens (tertiary/aromatic N) is 2. The van der Waals surface area contributed by atoms with Crippen LogP contribution in [-0.2, 0) is 9.54 Å². The maximum atomic E-state index is 14.1. The number of hydrogen-bond acceptors (Lipinski definition) is 5. The zero-order valence-electron chi connectivity index (χ0n) is 23.9. The van der Waals surface area contributed by atoms with Crippen molar-refractivity contribution >= 4 is 31.7 Å². The normalized spacial score (nSPS) is 17.9. The average molecular weight is 569 g/mol. The number of thioether (sulfide) groups is 1. The van der Waals surface area contributed by atoms with Crippen LogP contribution in [0.1, 0.15) is 53.8 Å². The number of amides is 1. The summed E-state index contributed by atoms with van der Waals surface area (Å²) in [7, 11) is -2.37. The topological polar surface area (TPSA) is 63.4 Å². The first kappa shape index (κ1) is 28.1. The first-order valence-electron chi connectivity index (χ1n) is 13.6. The zero-order chi connectivity index (χ0) is 28.7. The van der Waals surface area contributed by atoms with Crippen molar-refractivity contribution in [2.45, 2.75) is 55.9 Å². The van der Waals surface area contributed by atoms with Gasteiger partial charge in [-0.1, -0.05) is 125 Å². The van der Waals surface area contributed by atoms with Gasteiger partial charge in [-0.15, -0.1) is 11.8 Å². The monoisotopic (exact) mass is 568 g/mol. The van der Waals surface area contributed by atoms with E-state index >= 15 is 0 Å². The molecule has 1 aliphatic heterocycles. The average Bonchev–Trinajstić information content (AvgIpc) is 3.38. The fourth-order valence-corrected chi connectivity index (χ4v) is 10.2. The number of carbonyl (C=O) groups excluding carboxylic acids is 2. The number of aryl methyl sites for hydroxylation is 1. The van der Waals surface area contributed by atoms with Crippen LogP contribution in [0.25, 0.3) is 0 Å². The number of rotatable bonds is 8. The molecule has 5 rings (SSSR count). The lowest BCUT2D eigenvalue weighted by atomic mass is 9.84. The molecule has 3 aromatic carbocycles. The van der Waals surface area contributed by atoms with E-state index in [9.17, 15) is 9.59 Å². The molecule has 40 heavy (non-hydrogen) atoms. The molecular weight excluding hydrogens is 533 g/mol. The van der Waals surface area contributed by atoms with Crippen molar-refractivity contribution in [3.05, 3.63) is 126 Å². The predicted molar refractivity (Wildman–Crippen MR) is 164 cm³/mol. The summed E-state index contributed by atoms with van der Waals surface area (Å²) >= 11 is 1.69. The number of aromatic nitrogens is 1. The number of β-lactam (4-membered cyclic amide) rings is 1. The van der Waals surface area contributed by atoms with Crippen molar-refractivity contribution in [2.75, 3.05) is 0 Å². The maximum absolute atomic E-state index is 14.1. The van der Waals surface area contributed by atoms with E-state index in [1.54, 1.807) is 18.7 Å². The van der Waals surface area contributed by atoms with Crippen molar-refractivity contribution in [1.29, 1.82) is 0 Å². The van der Waals surface area contributed by atoms with E-state index in [1.165, 1.54) is 6.26 Å². The van der Waals surface area contributed by atoms with Crippen LogP contribution in [0.4, 0.5) is 0 Å². The highest BCUT2D eigenvalue weighted by molar-refractivity contribution is 8.01. The molecule has 0 saturated carbocycles. The molecule has 1 saturated heterocycles. The molecule has 206 valence electrons. The SMILES string of the molecule is Cc1nc(C(=O)C2C(=O)N([Si](C)(C)C(C)(C)C)C2SC(c2ccccc2)(c2ccccc2)c2ccccc2)co1. The number of Topliss-reactive ketones (excluding diaryl/α,β-unsaturated/α-hetero) is 1. The highest BCUT2D eigenvalue weighted by atomic mass is 32.2. The Morgan fingerprint density at radius 3 is 1.68 bits per heavy atom. The summed E-state index contributed by atoms with van der Waals surface area (Å²) in [6.45, 7) is 12.8. The second kappa shape index (κ2) is 10.5. The molecule has 7 heteroatoms. The maximum Gasteiger partial charge on any atom is 0.229 e. The Balaban J connectivity index is 1.73. The summed E-state index contributed by atoms with van der Waals surface area (Å²) in [5.41, 5.74) is 3.49. The Morgan fingerprint density at radius 1 is 0.850 bits per heavy atom. The third kappa shape index (κ3) is 4.65. The van der Waals surface area contributed by atoms with Crippen LogP contribution in [0.2, 0.25) is 18.1 Å². The molecule has 2 atom stereocenters. The van der Waals surface area contributed by atoms with E-state index in [0.717, 1.165) is 16.7 Å². The minimum Gasteiger partial charge on any atom is -0.449 e. The molecule has 2 heterocycles. The second-order valence-electron chi connectivity index (χ2n) is 11.9. The lowest BCUT2D eigenvalue weighted by Gasteiger charge is -2.59. The van der Waals surface area contributed by atoms with Gasteiger partial charge in [0.1, 0.15) is 17.9 Å². The minimum atomic E-state index is -2.37. The van der Waals surface area contributed by atoms with E-state index in [2.05, 4.69) is 116 Å². The Labute approximate surface area is 242 Å². The second-order valence-corrected chi connectivity index (χ2v) is 18.3. The summed E-state index contributed by atoms with van der Waals surface area (Å²) < 4.78 is 6.77. The number of oxazole rings is 1. The van der Waals surface area contributed by atoms with Crippen molar-refractivity contribution in [1.82, 2.24) is 9.55 Å². The standard InChI is InChI=1S/C33H36N2O3SSi/c1-23-34-27(22-38-23)29(36)28-30(37)35(40(5,6)32(2,3)4)31(28)39-33(24-16-10-7-11-17-24,25-18-12-8-13-19-25)26-20-14-9-15-21-26/h7-22,28,31H,1-6H3. The van der Waals surface area contributed by atoms with Gasteiger partial charge >= 0.3 is 0 Å². The van der Waals surface area contributed by atoms with Crippen LogP contribution in [0, 0.1) is 12.8 Å². The van der Waals surface area contributed by atoms with Crippen molar-refractivity contribution < 1.29 is 14.0 Å². The fourth-order valence-electron chi connectivity index (χ4n) is 5.32. The van der Waals surface area contributed by atoms with E-state index in [4.69, 9.17) is 4.42 Å². The number of carbonyl (C=O) groups is 2. The summed E-state index contributed by atoms with van der Waals surface area (Å²) in [6, 6.07) is 31.2. The number of benzene rings is 3. The number of ketones is 1. The van der Waals surface area contributed by atoms with Gasteiger partial charge in [-0.05, 0) is 21.7 Å². The molecule has 4 aromatic rings. The molecule has 2 unspecified atom stereocenters. The Kier molecular flexibility index (Phi) is 7.40. The van der Waals surface area contributed by atoms with Crippen LogP contribution >= 0.6 is 11.8 Å². The quantitative estimate of drug-likeness (QED) is 0.0717. The predicted octanol–water partition coefficient (Wildman–Crippen LogP) is 7.68. The first-order chi connectivity index (χ1) is 19.0. The van der Waals surface area contributed by atoms with Gasteiger partial charge in [0.2, 0.25) is 5.91 Å². The smallest absolute Gasteiger partial charge is 0.229 e. The summed E-state index contributed by atoms with van der Waals surface area (Å²) in [6.07, 6.45) is 1.38. The molecule has 0 radical (unpaired) electrons. The molecule has 1 fully saturated rings. The zero-order valence-corrected chi connectivity index (χ0v) is 25.7. The Morgan fingerprint density at radius 2 is 1.30 bits per heavy atom. The van der Waals surface area contributed by atoms with Gasteiger partial charge in [0.05, 0.1) is 10.1 Å². The van der Waals surface area contributed by atoms with Gasteiger partial charge in [0.15, 0.2) is 19.9 Å². The minimum absolute atomic E-state index is 0.102. The summed E-state index contributed by atoms with van der Waals surface area (Å²) in [5, 5.41) is -0.493. The highest BCUT2D eigenvalue weighted by Crippen LogP contribution is 2.57. The lowest BCUT2D eigenvalue weighted by Crippen LogP contribution is -2.73. The first-order valence-corrected chi connectivity index (χ1v) is 17.4. The molecule has 1 amide bonds. The van der Waals surface area contributed by atoms with Crippen LogP contribution < -0.4 is 0 Å². The Bertz CT molecular complexity index is 1400. The van der Waals surface area contributed by atoms with Gasteiger partial charge in [-0.25, -0.2) is 4.98 Å². The highest BCUT2D eigenvalue weighted by Gasteiger charge is 2.62. The molecule has 0 spiro atoms. The molecule has 0 N–H and O–H groups in total. The summed E-state index contributed by atoms with van der Waals surface area (Å²) in [4.78, 5) is 32.3. The largest absolute Gasteiger partial charge is 0.449 e. The molecule has 1 aromatic heterocycles. The van der Waals surface area contributed by atoms with E-state index < -0.39 is 24.3 Å². The molecule has 5 nitrogen and oxygen atoms in total. The summed E-state index contributed by atoms with van der Waals surface area (Å²) in [5.74, 6) is -0.831. The van der Waals surface area contributed by atoms with Gasteiger partial charge < -0.3 is 8.98 Å². The van der Waals surface area contributed by atoms with Crippen LogP contribution in [0.5, 0.6) is 0 Å². The lowest BCUT2D eigenvalue weighted by molar-refractivity contribution is -0.140. The van der Waals surface area contributed by atoms with E-state index in [1.807, 2.05) is 18.2 Å². The fraction of sp³-hybridized carbons (Fsp3) is 0.303. The van der Waals surface area contributed by atoms with Crippen molar-refractivity contribution in [2.24, 2.45) is 5.92 Å². The van der Waals surface area contributed by atoms with Gasteiger partial charge in [0, 0.05) is 6.92 Å². The van der Waals surface area contributed by atoms with E-state index in [-0.39, 0.29) is 22.4 Å². The van der Waals surface area contributed by atoms with Crippen molar-refractivity contribution in [3.8, 4) is 0 Å². The number of hydrogen-bond donors (Lipinski definition) is 0. The third-order valence-electron chi connectivity index (χ3n) is 8.47. The van der Waals surface area contributed by atoms with Gasteiger partial charge in [0.25, 0.3) is 0 Å². The molecule has 0 aliphatic carbocycles. The Hall–Kier alpha value is -3.42. The van der Waals surface area contributed by atoms with Crippen LogP contribution in [0.15, 0.2) is 102 Å². The van der Waals surface area contributed by atoms with Gasteiger partial charge in [-0.2, -0.15) is 0 Å². The van der Waals surface area contributed by atoms with Crippen LogP contribution in [-0.4, -0.2) is 34.8 Å². The van der Waals surface area contributed by atoms with E-state index in [0.29, 0.717) is 5.89 Å². The molecule has 0 bridgehead atoms. The van der Waals surface area contributed by atoms with Crippen LogP contribution in [0.3, 0.4) is 0 Å². The van der Waals surface area contributed by atoms with Gasteiger partial charge in [-0.3, -0.25) is 9.59 Å². The molecular formula is C33H36N2O3SSi. The third-order valence-corrected chi connectivity index (χ3v) is 15.8. The van der Waals surface area contributed by atoms with Crippen molar-refractivity contribution in [3.63, 3.8) is 0 Å². The molecule has 1 aliphatic rings.